The van der Waals surface area contributed by atoms with Gasteiger partial charge in [-0.1, -0.05) is 48.0 Å². The first kappa shape index (κ1) is 24.5. The molecule has 0 aliphatic carbocycles. The molecule has 1 unspecified atom stereocenters. The van der Waals surface area contributed by atoms with Gasteiger partial charge in [0.15, 0.2) is 5.82 Å². The van der Waals surface area contributed by atoms with E-state index in [-0.39, 0.29) is 24.4 Å². The van der Waals surface area contributed by atoms with Crippen LogP contribution in [0, 0.1) is 0 Å². The second kappa shape index (κ2) is 9.80. The fourth-order valence-electron chi connectivity index (χ4n) is 4.70. The van der Waals surface area contributed by atoms with Crippen LogP contribution < -0.4 is 15.8 Å². The van der Waals surface area contributed by atoms with Crippen molar-refractivity contribution in [1.82, 2.24) is 20.1 Å². The Morgan fingerprint density at radius 3 is 2.64 bits per heavy atom. The summed E-state index contributed by atoms with van der Waals surface area (Å²) in [5.74, 6) is -2.48. The second-order valence-electron chi connectivity index (χ2n) is 8.98. The number of amides is 2. The molecule has 3 N–H and O–H groups in total. The topological polar surface area (TPSA) is 131 Å². The molecule has 0 saturated heterocycles. The summed E-state index contributed by atoms with van der Waals surface area (Å²) in [4.78, 5) is 30.7. The van der Waals surface area contributed by atoms with Crippen LogP contribution in [0.2, 0.25) is 5.02 Å². The number of carbonyl (C=O) groups is 2. The molecule has 2 aliphatic rings. The molecular formula is C28H22ClN5O5. The van der Waals surface area contributed by atoms with Crippen molar-refractivity contribution in [3.63, 3.8) is 0 Å². The number of benzene rings is 2. The maximum atomic E-state index is 13.7. The number of nitrogens with one attached hydrogen (secondary N) is 1. The van der Waals surface area contributed by atoms with Crippen LogP contribution in [0.1, 0.15) is 21.5 Å². The number of hydrogen-bond donors (Lipinski definition) is 2. The minimum absolute atomic E-state index is 0.206. The van der Waals surface area contributed by atoms with Crippen LogP contribution in [0.5, 0.6) is 5.75 Å². The summed E-state index contributed by atoms with van der Waals surface area (Å²) in [5, 5.41) is 8.09. The Kier molecular flexibility index (Phi) is 6.16. The number of pyridine rings is 1. The normalized spacial score (nSPS) is 15.2. The smallest absolute Gasteiger partial charge is 0.352 e. The Labute approximate surface area is 228 Å². The molecule has 0 radical (unpaired) electrons. The van der Waals surface area contributed by atoms with E-state index in [1.54, 1.807) is 30.6 Å². The Morgan fingerprint density at radius 2 is 1.87 bits per heavy atom. The van der Waals surface area contributed by atoms with E-state index in [9.17, 15) is 9.59 Å². The summed E-state index contributed by atoms with van der Waals surface area (Å²) >= 11 is 6.31. The third-order valence-electron chi connectivity index (χ3n) is 6.56. The molecule has 6 rings (SSSR count). The van der Waals surface area contributed by atoms with E-state index >= 15 is 0 Å². The van der Waals surface area contributed by atoms with Gasteiger partial charge >= 0.3 is 11.7 Å². The quantitative estimate of drug-likeness (QED) is 0.364. The Bertz CT molecular complexity index is 1600. The highest BCUT2D eigenvalue weighted by Crippen LogP contribution is 2.41. The monoisotopic (exact) mass is 543 g/mol. The fourth-order valence-corrected chi connectivity index (χ4v) is 4.93. The molecule has 4 heterocycles. The van der Waals surface area contributed by atoms with Gasteiger partial charge in [-0.15, -0.1) is 0 Å². The van der Waals surface area contributed by atoms with Crippen LogP contribution >= 0.6 is 11.6 Å². The average molecular weight is 544 g/mol. The first-order valence-electron chi connectivity index (χ1n) is 12.1. The molecule has 1 atom stereocenters. The summed E-state index contributed by atoms with van der Waals surface area (Å²) in [5.41, 5.74) is 9.00. The lowest BCUT2D eigenvalue weighted by Crippen LogP contribution is -2.61. The lowest BCUT2D eigenvalue weighted by atomic mass is 9.97. The number of fused-ring (bicyclic) bond motifs is 3. The van der Waals surface area contributed by atoms with E-state index in [0.717, 1.165) is 16.7 Å². The molecular weight excluding hydrogens is 522 g/mol. The number of nitrogens with two attached hydrogens (primary N) is 1. The zero-order valence-electron chi connectivity index (χ0n) is 20.4. The number of hydrogen-bond acceptors (Lipinski definition) is 7. The summed E-state index contributed by atoms with van der Waals surface area (Å²) in [6, 6.07) is 17.0. The molecule has 4 aromatic rings. The van der Waals surface area contributed by atoms with Crippen molar-refractivity contribution in [2.45, 2.75) is 24.9 Å². The molecule has 11 heteroatoms. The van der Waals surface area contributed by atoms with Gasteiger partial charge in [0.05, 0.1) is 10.6 Å². The summed E-state index contributed by atoms with van der Waals surface area (Å²) < 4.78 is 18.4. The molecule has 2 aromatic carbocycles. The van der Waals surface area contributed by atoms with Crippen molar-refractivity contribution in [1.29, 1.82) is 0 Å². The van der Waals surface area contributed by atoms with E-state index in [4.69, 9.17) is 36.6 Å². The van der Waals surface area contributed by atoms with Crippen molar-refractivity contribution in [3.05, 3.63) is 107 Å². The zero-order valence-corrected chi connectivity index (χ0v) is 21.2. The number of primary amides is 1. The van der Waals surface area contributed by atoms with Gasteiger partial charge in [-0.3, -0.25) is 9.59 Å². The maximum absolute atomic E-state index is 13.7. The number of ether oxygens (including phenoxy) is 3. The van der Waals surface area contributed by atoms with Crippen LogP contribution in [0.15, 0.2) is 85.6 Å². The highest BCUT2D eigenvalue weighted by Gasteiger charge is 2.51. The molecule has 10 nitrogen and oxygen atoms in total. The number of para-hydroxylation sites is 1. The SMILES string of the molecule is NC(=O)C1(C(Cc2ccccc2)NC(=O)c2cccnc2-n2cc3c(n2)-c2cccc(Cl)c2OC3)OC=CO1. The van der Waals surface area contributed by atoms with E-state index in [0.29, 0.717) is 16.5 Å². The third kappa shape index (κ3) is 4.34. The van der Waals surface area contributed by atoms with E-state index in [2.05, 4.69) is 10.3 Å². The molecule has 0 saturated carbocycles. The molecule has 0 fully saturated rings. The molecule has 2 aliphatic heterocycles. The number of carbonyl (C=O) groups excluding carboxylic acids is 2. The Morgan fingerprint density at radius 1 is 1.08 bits per heavy atom. The minimum Gasteiger partial charge on any atom is -0.486 e. The largest absolute Gasteiger partial charge is 0.486 e. The van der Waals surface area contributed by atoms with Crippen LogP contribution in [-0.2, 0) is 27.3 Å². The summed E-state index contributed by atoms with van der Waals surface area (Å²) in [6.07, 6.45) is 5.98. The van der Waals surface area contributed by atoms with Crippen molar-refractivity contribution < 1.29 is 23.8 Å². The van der Waals surface area contributed by atoms with Crippen molar-refractivity contribution in [2.75, 3.05) is 0 Å². The van der Waals surface area contributed by atoms with Crippen LogP contribution in [-0.4, -0.2) is 38.4 Å². The first-order valence-corrected chi connectivity index (χ1v) is 12.4. The number of halogens is 1. The van der Waals surface area contributed by atoms with E-state index in [1.165, 1.54) is 17.2 Å². The average Bonchev–Trinajstić information content (AvgIpc) is 3.62. The molecule has 2 aromatic heterocycles. The highest BCUT2D eigenvalue weighted by molar-refractivity contribution is 6.32. The minimum atomic E-state index is -1.92. The Balaban J connectivity index is 1.35. The van der Waals surface area contributed by atoms with Gasteiger partial charge in [-0.25, -0.2) is 9.67 Å². The maximum Gasteiger partial charge on any atom is 0.352 e. The second-order valence-corrected chi connectivity index (χ2v) is 9.39. The van der Waals surface area contributed by atoms with Crippen LogP contribution in [0.25, 0.3) is 17.1 Å². The standard InChI is InChI=1S/C28H22ClN5O5/c29-21-10-4-8-19-23-18(16-37-24(19)21)15-34(33-23)25-20(9-5-11-31-25)26(35)32-22(14-17-6-2-1-3-7-17)28(27(30)36)38-12-13-39-28/h1-13,15,22H,14,16H2,(H2,30,36)(H,32,35). The lowest BCUT2D eigenvalue weighted by Gasteiger charge is -2.33. The van der Waals surface area contributed by atoms with Gasteiger partial charge in [0.1, 0.15) is 36.6 Å². The van der Waals surface area contributed by atoms with E-state index < -0.39 is 23.6 Å². The highest BCUT2D eigenvalue weighted by atomic mass is 35.5. The van der Waals surface area contributed by atoms with E-state index in [1.807, 2.05) is 42.5 Å². The number of aromatic nitrogens is 3. The number of nitrogens with zero attached hydrogens (tertiary/aromatic N) is 3. The van der Waals surface area contributed by atoms with Gasteiger partial charge in [-0.05, 0) is 29.8 Å². The summed E-state index contributed by atoms with van der Waals surface area (Å²) in [7, 11) is 0. The zero-order chi connectivity index (χ0) is 27.0. The third-order valence-corrected chi connectivity index (χ3v) is 6.86. The van der Waals surface area contributed by atoms with Crippen molar-refractivity contribution in [3.8, 4) is 22.8 Å². The first-order chi connectivity index (χ1) is 19.0. The molecule has 196 valence electrons. The van der Waals surface area contributed by atoms with Crippen LogP contribution in [0.4, 0.5) is 0 Å². The Hall–Kier alpha value is -4.83. The predicted octanol–water partition coefficient (Wildman–Crippen LogP) is 3.52. The number of rotatable bonds is 7. The van der Waals surface area contributed by atoms with Crippen LogP contribution in [0.3, 0.4) is 0 Å². The van der Waals surface area contributed by atoms with Gasteiger partial charge in [0.2, 0.25) is 0 Å². The lowest BCUT2D eigenvalue weighted by molar-refractivity contribution is -0.182. The fraction of sp³-hybridized carbons (Fsp3) is 0.143. The van der Waals surface area contributed by atoms with Gasteiger partial charge in [0, 0.05) is 29.9 Å². The molecule has 39 heavy (non-hydrogen) atoms. The van der Waals surface area contributed by atoms with Gasteiger partial charge in [-0.2, -0.15) is 5.10 Å². The van der Waals surface area contributed by atoms with Crippen molar-refractivity contribution in [2.24, 2.45) is 5.73 Å². The van der Waals surface area contributed by atoms with Gasteiger partial charge in [0.25, 0.3) is 5.91 Å². The molecule has 0 bridgehead atoms. The van der Waals surface area contributed by atoms with Crippen molar-refractivity contribution >= 4 is 23.4 Å². The van der Waals surface area contributed by atoms with Gasteiger partial charge < -0.3 is 25.3 Å². The molecule has 2 amide bonds. The predicted molar refractivity (Wildman–Crippen MR) is 141 cm³/mol. The summed E-state index contributed by atoms with van der Waals surface area (Å²) in [6.45, 7) is 0.266. The molecule has 0 spiro atoms.